The van der Waals surface area contributed by atoms with Crippen LogP contribution in [0.4, 0.5) is 5.69 Å². The number of carbonyl (C=O) groups excluding carboxylic acids is 2. The van der Waals surface area contributed by atoms with Gasteiger partial charge < -0.3 is 16.0 Å². The fourth-order valence-corrected chi connectivity index (χ4v) is 2.03. The van der Waals surface area contributed by atoms with Crippen LogP contribution in [-0.2, 0) is 16.1 Å². The SMILES string of the molecule is CCCNC(=O)CCCC(=O)Nc1ccccc1CNCC. The molecule has 3 N–H and O–H groups in total. The van der Waals surface area contributed by atoms with Gasteiger partial charge in [0.15, 0.2) is 0 Å². The van der Waals surface area contributed by atoms with Crippen molar-refractivity contribution in [3.8, 4) is 0 Å². The molecular weight excluding hydrogens is 278 g/mol. The lowest BCUT2D eigenvalue weighted by Gasteiger charge is -2.11. The molecule has 0 bridgehead atoms. The standard InChI is InChI=1S/C17H27N3O2/c1-3-12-19-16(21)10-7-11-17(22)20-15-9-6-5-8-14(15)13-18-4-2/h5-6,8-9,18H,3-4,7,10-13H2,1-2H3,(H,19,21)(H,20,22). The first-order chi connectivity index (χ1) is 10.7. The maximum Gasteiger partial charge on any atom is 0.224 e. The average molecular weight is 305 g/mol. The van der Waals surface area contributed by atoms with E-state index < -0.39 is 0 Å². The summed E-state index contributed by atoms with van der Waals surface area (Å²) in [6.45, 7) is 6.37. The third-order valence-electron chi connectivity index (χ3n) is 3.24. The number of carbonyl (C=O) groups is 2. The van der Waals surface area contributed by atoms with E-state index in [9.17, 15) is 9.59 Å². The molecule has 0 unspecified atom stereocenters. The third kappa shape index (κ3) is 7.22. The Morgan fingerprint density at radius 2 is 1.77 bits per heavy atom. The van der Waals surface area contributed by atoms with E-state index in [2.05, 4.69) is 16.0 Å². The van der Waals surface area contributed by atoms with Gasteiger partial charge in [-0.1, -0.05) is 32.0 Å². The lowest BCUT2D eigenvalue weighted by Crippen LogP contribution is -2.24. The molecular formula is C17H27N3O2. The van der Waals surface area contributed by atoms with Gasteiger partial charge in [-0.15, -0.1) is 0 Å². The van der Waals surface area contributed by atoms with Crippen LogP contribution in [0.2, 0.25) is 0 Å². The fourth-order valence-electron chi connectivity index (χ4n) is 2.03. The minimum Gasteiger partial charge on any atom is -0.356 e. The Morgan fingerprint density at radius 1 is 1.05 bits per heavy atom. The predicted molar refractivity (Wildman–Crippen MR) is 89.6 cm³/mol. The lowest BCUT2D eigenvalue weighted by molar-refractivity contribution is -0.121. The second-order valence-electron chi connectivity index (χ2n) is 5.19. The van der Waals surface area contributed by atoms with Gasteiger partial charge in [-0.3, -0.25) is 9.59 Å². The van der Waals surface area contributed by atoms with Crippen LogP contribution in [-0.4, -0.2) is 24.9 Å². The third-order valence-corrected chi connectivity index (χ3v) is 3.24. The summed E-state index contributed by atoms with van der Waals surface area (Å²) in [5.74, 6) is -0.0329. The summed E-state index contributed by atoms with van der Waals surface area (Å²) >= 11 is 0. The Hall–Kier alpha value is -1.88. The zero-order chi connectivity index (χ0) is 16.2. The quantitative estimate of drug-likeness (QED) is 0.622. The van der Waals surface area contributed by atoms with E-state index in [4.69, 9.17) is 0 Å². The van der Waals surface area contributed by atoms with Gasteiger partial charge in [-0.2, -0.15) is 0 Å². The van der Waals surface area contributed by atoms with Crippen LogP contribution in [0.5, 0.6) is 0 Å². The van der Waals surface area contributed by atoms with Crippen LogP contribution in [0.1, 0.15) is 45.1 Å². The summed E-state index contributed by atoms with van der Waals surface area (Å²) in [6.07, 6.45) is 2.24. The number of benzene rings is 1. The summed E-state index contributed by atoms with van der Waals surface area (Å²) in [7, 11) is 0. The number of amides is 2. The zero-order valence-corrected chi connectivity index (χ0v) is 13.6. The van der Waals surface area contributed by atoms with E-state index in [1.54, 1.807) is 0 Å². The van der Waals surface area contributed by atoms with Crippen molar-refractivity contribution in [3.63, 3.8) is 0 Å². The highest BCUT2D eigenvalue weighted by Gasteiger charge is 2.07. The first-order valence-electron chi connectivity index (χ1n) is 8.02. The Kier molecular flexibility index (Phi) is 8.91. The van der Waals surface area contributed by atoms with E-state index in [0.29, 0.717) is 25.8 Å². The molecule has 1 rings (SSSR count). The van der Waals surface area contributed by atoms with Gasteiger partial charge in [0.2, 0.25) is 11.8 Å². The van der Waals surface area contributed by atoms with Crippen LogP contribution < -0.4 is 16.0 Å². The topological polar surface area (TPSA) is 70.2 Å². The number of nitrogens with one attached hydrogen (secondary N) is 3. The molecule has 0 aliphatic carbocycles. The van der Waals surface area contributed by atoms with E-state index in [0.717, 1.165) is 30.8 Å². The molecule has 5 heteroatoms. The molecule has 0 atom stereocenters. The minimum atomic E-state index is -0.0489. The van der Waals surface area contributed by atoms with E-state index in [-0.39, 0.29) is 11.8 Å². The molecule has 22 heavy (non-hydrogen) atoms. The van der Waals surface area contributed by atoms with Crippen LogP contribution in [0.15, 0.2) is 24.3 Å². The number of hydrogen-bond acceptors (Lipinski definition) is 3. The lowest BCUT2D eigenvalue weighted by atomic mass is 10.1. The average Bonchev–Trinajstić information content (AvgIpc) is 2.52. The maximum absolute atomic E-state index is 12.0. The van der Waals surface area contributed by atoms with Gasteiger partial charge in [-0.25, -0.2) is 0 Å². The molecule has 0 saturated heterocycles. The molecule has 122 valence electrons. The second kappa shape index (κ2) is 10.8. The van der Waals surface area contributed by atoms with Gasteiger partial charge in [0.1, 0.15) is 0 Å². The molecule has 0 aromatic heterocycles. The summed E-state index contributed by atoms with van der Waals surface area (Å²) in [4.78, 5) is 23.4. The Labute approximate surface area is 132 Å². The molecule has 0 heterocycles. The van der Waals surface area contributed by atoms with Crippen LogP contribution >= 0.6 is 0 Å². The summed E-state index contributed by atoms with van der Waals surface area (Å²) in [6, 6.07) is 7.76. The molecule has 0 spiro atoms. The van der Waals surface area contributed by atoms with Crippen molar-refractivity contribution in [2.24, 2.45) is 0 Å². The molecule has 0 saturated carbocycles. The summed E-state index contributed by atoms with van der Waals surface area (Å²) < 4.78 is 0. The number of anilines is 1. The fraction of sp³-hybridized carbons (Fsp3) is 0.529. The Bertz CT molecular complexity index is 475. The molecule has 0 aliphatic rings. The molecule has 0 aliphatic heterocycles. The maximum atomic E-state index is 12.0. The van der Waals surface area contributed by atoms with E-state index >= 15 is 0 Å². The van der Waals surface area contributed by atoms with Crippen LogP contribution in [0.3, 0.4) is 0 Å². The normalized spacial score (nSPS) is 10.3. The van der Waals surface area contributed by atoms with Crippen molar-refractivity contribution in [1.82, 2.24) is 10.6 Å². The number of para-hydroxylation sites is 1. The molecule has 5 nitrogen and oxygen atoms in total. The smallest absolute Gasteiger partial charge is 0.224 e. The molecule has 0 fully saturated rings. The molecule has 2 amide bonds. The first-order valence-corrected chi connectivity index (χ1v) is 8.02. The Morgan fingerprint density at radius 3 is 2.50 bits per heavy atom. The largest absolute Gasteiger partial charge is 0.356 e. The second-order valence-corrected chi connectivity index (χ2v) is 5.19. The van der Waals surface area contributed by atoms with E-state index in [1.807, 2.05) is 38.1 Å². The van der Waals surface area contributed by atoms with Gasteiger partial charge in [0.05, 0.1) is 0 Å². The van der Waals surface area contributed by atoms with Gasteiger partial charge in [0.25, 0.3) is 0 Å². The van der Waals surface area contributed by atoms with Crippen molar-refractivity contribution in [1.29, 1.82) is 0 Å². The summed E-state index contributed by atoms with van der Waals surface area (Å²) in [5, 5.41) is 8.99. The van der Waals surface area contributed by atoms with Gasteiger partial charge >= 0.3 is 0 Å². The van der Waals surface area contributed by atoms with Crippen molar-refractivity contribution in [2.75, 3.05) is 18.4 Å². The van der Waals surface area contributed by atoms with Crippen LogP contribution in [0.25, 0.3) is 0 Å². The first kappa shape index (κ1) is 18.2. The van der Waals surface area contributed by atoms with Crippen molar-refractivity contribution in [3.05, 3.63) is 29.8 Å². The van der Waals surface area contributed by atoms with Crippen LogP contribution in [0, 0.1) is 0 Å². The zero-order valence-electron chi connectivity index (χ0n) is 13.6. The number of hydrogen-bond donors (Lipinski definition) is 3. The molecule has 0 radical (unpaired) electrons. The van der Waals surface area contributed by atoms with Crippen molar-refractivity contribution in [2.45, 2.75) is 46.1 Å². The highest BCUT2D eigenvalue weighted by atomic mass is 16.2. The molecule has 1 aromatic rings. The van der Waals surface area contributed by atoms with Gasteiger partial charge in [0, 0.05) is 31.6 Å². The van der Waals surface area contributed by atoms with Crippen molar-refractivity contribution >= 4 is 17.5 Å². The minimum absolute atomic E-state index is 0.0159. The Balaban J connectivity index is 2.37. The van der Waals surface area contributed by atoms with Gasteiger partial charge in [-0.05, 0) is 31.0 Å². The highest BCUT2D eigenvalue weighted by molar-refractivity contribution is 5.91. The van der Waals surface area contributed by atoms with E-state index in [1.165, 1.54) is 0 Å². The highest BCUT2D eigenvalue weighted by Crippen LogP contribution is 2.15. The monoisotopic (exact) mass is 305 g/mol. The van der Waals surface area contributed by atoms with Crippen molar-refractivity contribution < 1.29 is 9.59 Å². The number of rotatable bonds is 10. The molecule has 1 aromatic carbocycles. The predicted octanol–water partition coefficient (Wildman–Crippen LogP) is 2.43. The summed E-state index contributed by atoms with van der Waals surface area (Å²) in [5.41, 5.74) is 1.90.